The minimum Gasteiger partial charge on any atom is -0.316 e. The standard InChI is InChI=1S/C13H11N3OS/c14-8-10-6-7-18-13(10)16-12(17)11(15)9-4-2-1-3-5-9/h1-7,11H,15H2,(H,16,17)/t11-/m1/s1. The number of rotatable bonds is 3. The number of amides is 1. The average Bonchev–Trinajstić information content (AvgIpc) is 2.86. The second-order valence-corrected chi connectivity index (χ2v) is 4.57. The maximum Gasteiger partial charge on any atom is 0.246 e. The summed E-state index contributed by atoms with van der Waals surface area (Å²) >= 11 is 1.31. The Morgan fingerprint density at radius 2 is 2.06 bits per heavy atom. The van der Waals surface area contributed by atoms with Crippen LogP contribution in [0.25, 0.3) is 0 Å². The Labute approximate surface area is 109 Å². The number of hydrogen-bond donors (Lipinski definition) is 2. The van der Waals surface area contributed by atoms with Crippen LogP contribution in [-0.4, -0.2) is 5.91 Å². The van der Waals surface area contributed by atoms with E-state index in [4.69, 9.17) is 11.0 Å². The number of anilines is 1. The van der Waals surface area contributed by atoms with Gasteiger partial charge in [-0.2, -0.15) is 5.26 Å². The molecule has 3 N–H and O–H groups in total. The molecule has 90 valence electrons. The van der Waals surface area contributed by atoms with Crippen LogP contribution in [0.3, 0.4) is 0 Å². The average molecular weight is 257 g/mol. The normalized spacial score (nSPS) is 11.6. The molecule has 0 fully saturated rings. The quantitative estimate of drug-likeness (QED) is 0.885. The first-order chi connectivity index (χ1) is 8.72. The molecule has 0 aliphatic carbocycles. The number of carbonyl (C=O) groups excluding carboxylic acids is 1. The molecular weight excluding hydrogens is 246 g/mol. The first kappa shape index (κ1) is 12.3. The first-order valence-corrected chi connectivity index (χ1v) is 6.19. The van der Waals surface area contributed by atoms with E-state index in [1.165, 1.54) is 11.3 Å². The highest BCUT2D eigenvalue weighted by atomic mass is 32.1. The molecule has 1 amide bonds. The van der Waals surface area contributed by atoms with Gasteiger partial charge in [-0.1, -0.05) is 30.3 Å². The topological polar surface area (TPSA) is 78.9 Å². The lowest BCUT2D eigenvalue weighted by Gasteiger charge is -2.11. The summed E-state index contributed by atoms with van der Waals surface area (Å²) in [6.45, 7) is 0. The van der Waals surface area contributed by atoms with E-state index in [0.717, 1.165) is 5.56 Å². The van der Waals surface area contributed by atoms with Crippen molar-refractivity contribution in [2.45, 2.75) is 6.04 Å². The monoisotopic (exact) mass is 257 g/mol. The van der Waals surface area contributed by atoms with Gasteiger partial charge in [-0.15, -0.1) is 11.3 Å². The van der Waals surface area contributed by atoms with Gasteiger partial charge in [0, 0.05) is 0 Å². The lowest BCUT2D eigenvalue weighted by Crippen LogP contribution is -2.27. The Bertz CT molecular complexity index is 586. The van der Waals surface area contributed by atoms with Crippen LogP contribution in [0, 0.1) is 11.3 Å². The van der Waals surface area contributed by atoms with E-state index in [9.17, 15) is 4.79 Å². The van der Waals surface area contributed by atoms with Gasteiger partial charge in [0.2, 0.25) is 5.91 Å². The number of nitrogens with two attached hydrogens (primary N) is 1. The zero-order chi connectivity index (χ0) is 13.0. The maximum absolute atomic E-state index is 11.9. The molecule has 1 aromatic carbocycles. The summed E-state index contributed by atoms with van der Waals surface area (Å²) in [6, 6.07) is 12.0. The lowest BCUT2D eigenvalue weighted by atomic mass is 10.1. The third kappa shape index (κ3) is 2.56. The highest BCUT2D eigenvalue weighted by Crippen LogP contribution is 2.23. The first-order valence-electron chi connectivity index (χ1n) is 5.31. The molecule has 0 saturated heterocycles. The molecule has 0 bridgehead atoms. The summed E-state index contributed by atoms with van der Waals surface area (Å²) in [7, 11) is 0. The highest BCUT2D eigenvalue weighted by molar-refractivity contribution is 7.14. The molecule has 0 saturated carbocycles. The zero-order valence-corrected chi connectivity index (χ0v) is 10.3. The summed E-state index contributed by atoms with van der Waals surface area (Å²) < 4.78 is 0. The number of carbonyl (C=O) groups is 1. The van der Waals surface area contributed by atoms with Crippen LogP contribution < -0.4 is 11.1 Å². The molecule has 2 aromatic rings. The van der Waals surface area contributed by atoms with E-state index < -0.39 is 6.04 Å². The molecule has 5 heteroatoms. The van der Waals surface area contributed by atoms with Crippen LogP contribution in [0.5, 0.6) is 0 Å². The Morgan fingerprint density at radius 3 is 2.72 bits per heavy atom. The molecule has 0 aliphatic rings. The van der Waals surface area contributed by atoms with Gasteiger partial charge in [0.25, 0.3) is 0 Å². The van der Waals surface area contributed by atoms with Crippen LogP contribution >= 0.6 is 11.3 Å². The van der Waals surface area contributed by atoms with Crippen LogP contribution in [-0.2, 0) is 4.79 Å². The number of thiophene rings is 1. The van der Waals surface area contributed by atoms with Gasteiger partial charge in [-0.3, -0.25) is 4.79 Å². The molecule has 0 aliphatic heterocycles. The van der Waals surface area contributed by atoms with E-state index >= 15 is 0 Å². The van der Waals surface area contributed by atoms with Crippen molar-refractivity contribution in [1.82, 2.24) is 0 Å². The predicted molar refractivity (Wildman–Crippen MR) is 71.0 cm³/mol. The van der Waals surface area contributed by atoms with Crippen molar-refractivity contribution in [3.8, 4) is 6.07 Å². The fourth-order valence-electron chi connectivity index (χ4n) is 1.50. The Morgan fingerprint density at radius 1 is 1.33 bits per heavy atom. The minimum absolute atomic E-state index is 0.319. The lowest BCUT2D eigenvalue weighted by molar-refractivity contribution is -0.117. The molecule has 2 rings (SSSR count). The van der Waals surface area contributed by atoms with Gasteiger partial charge >= 0.3 is 0 Å². The van der Waals surface area contributed by atoms with Crippen molar-refractivity contribution in [2.24, 2.45) is 5.73 Å². The Balaban J connectivity index is 2.12. The maximum atomic E-state index is 11.9. The molecule has 0 radical (unpaired) electrons. The van der Waals surface area contributed by atoms with Gasteiger partial charge in [0.05, 0.1) is 5.56 Å². The number of nitrogens with zero attached hydrogens (tertiary/aromatic N) is 1. The number of nitrogens with one attached hydrogen (secondary N) is 1. The molecule has 1 atom stereocenters. The van der Waals surface area contributed by atoms with Crippen LogP contribution in [0.2, 0.25) is 0 Å². The van der Waals surface area contributed by atoms with Gasteiger partial charge < -0.3 is 11.1 Å². The Hall–Kier alpha value is -2.16. The van der Waals surface area contributed by atoms with Gasteiger partial charge in [0.1, 0.15) is 17.1 Å². The van der Waals surface area contributed by atoms with Crippen molar-refractivity contribution in [3.63, 3.8) is 0 Å². The second-order valence-electron chi connectivity index (χ2n) is 3.65. The van der Waals surface area contributed by atoms with E-state index in [1.54, 1.807) is 23.6 Å². The summed E-state index contributed by atoms with van der Waals surface area (Å²) in [4.78, 5) is 11.9. The van der Waals surface area contributed by atoms with Crippen LogP contribution in [0.4, 0.5) is 5.00 Å². The smallest absolute Gasteiger partial charge is 0.246 e. The fraction of sp³-hybridized carbons (Fsp3) is 0.0769. The largest absolute Gasteiger partial charge is 0.316 e. The molecule has 1 aromatic heterocycles. The molecular formula is C13H11N3OS. The Kier molecular flexibility index (Phi) is 3.72. The van der Waals surface area contributed by atoms with Crippen molar-refractivity contribution in [1.29, 1.82) is 5.26 Å². The fourth-order valence-corrected chi connectivity index (χ4v) is 2.24. The number of nitriles is 1. The minimum atomic E-state index is -0.736. The van der Waals surface area contributed by atoms with Gasteiger partial charge in [-0.05, 0) is 17.0 Å². The van der Waals surface area contributed by atoms with E-state index in [2.05, 4.69) is 5.32 Å². The van der Waals surface area contributed by atoms with E-state index in [1.807, 2.05) is 24.3 Å². The summed E-state index contributed by atoms with van der Waals surface area (Å²) in [5.41, 5.74) is 7.05. The van der Waals surface area contributed by atoms with E-state index in [-0.39, 0.29) is 5.91 Å². The second kappa shape index (κ2) is 5.45. The summed E-state index contributed by atoms with van der Waals surface area (Å²) in [5.74, 6) is -0.319. The summed E-state index contributed by atoms with van der Waals surface area (Å²) in [6.07, 6.45) is 0. The van der Waals surface area contributed by atoms with Gasteiger partial charge in [0.15, 0.2) is 0 Å². The molecule has 0 spiro atoms. The number of hydrogen-bond acceptors (Lipinski definition) is 4. The third-order valence-electron chi connectivity index (χ3n) is 2.46. The molecule has 0 unspecified atom stereocenters. The molecule has 18 heavy (non-hydrogen) atoms. The van der Waals surface area contributed by atoms with Crippen molar-refractivity contribution in [3.05, 3.63) is 52.9 Å². The van der Waals surface area contributed by atoms with Crippen molar-refractivity contribution < 1.29 is 4.79 Å². The molecule has 4 nitrogen and oxygen atoms in total. The predicted octanol–water partition coefficient (Wildman–Crippen LogP) is 2.26. The van der Waals surface area contributed by atoms with E-state index in [0.29, 0.717) is 10.6 Å². The highest BCUT2D eigenvalue weighted by Gasteiger charge is 2.17. The van der Waals surface area contributed by atoms with Crippen molar-refractivity contribution in [2.75, 3.05) is 5.32 Å². The zero-order valence-electron chi connectivity index (χ0n) is 9.46. The summed E-state index contributed by atoms with van der Waals surface area (Å²) in [5, 5.41) is 13.8. The van der Waals surface area contributed by atoms with Crippen molar-refractivity contribution >= 4 is 22.2 Å². The van der Waals surface area contributed by atoms with Crippen LogP contribution in [0.15, 0.2) is 41.8 Å². The van der Waals surface area contributed by atoms with Gasteiger partial charge in [-0.25, -0.2) is 0 Å². The molecule has 1 heterocycles. The number of benzene rings is 1. The van der Waals surface area contributed by atoms with Crippen LogP contribution in [0.1, 0.15) is 17.2 Å². The SMILES string of the molecule is N#Cc1ccsc1NC(=O)[C@H](N)c1ccccc1. The third-order valence-corrected chi connectivity index (χ3v) is 3.29.